The molecule has 196 valence electrons. The van der Waals surface area contributed by atoms with Gasteiger partial charge in [-0.05, 0) is 35.9 Å². The molecule has 4 rings (SSSR count). The Morgan fingerprint density at radius 3 is 2.65 bits per heavy atom. The largest absolute Gasteiger partial charge is 0.495 e. The molecule has 37 heavy (non-hydrogen) atoms. The van der Waals surface area contributed by atoms with Gasteiger partial charge in [0.05, 0.1) is 55.2 Å². The highest BCUT2D eigenvalue weighted by Gasteiger charge is 2.25. The number of methoxy groups -OCH3 is 1. The van der Waals surface area contributed by atoms with Gasteiger partial charge in [0, 0.05) is 21.2 Å². The van der Waals surface area contributed by atoms with Crippen molar-refractivity contribution in [3.05, 3.63) is 80.3 Å². The number of aromatic nitrogens is 2. The van der Waals surface area contributed by atoms with Crippen LogP contribution in [0.15, 0.2) is 53.3 Å². The maximum atomic E-state index is 15.2. The number of rotatable bonds is 7. The zero-order valence-corrected chi connectivity index (χ0v) is 22.3. The van der Waals surface area contributed by atoms with Crippen LogP contribution in [0.5, 0.6) is 5.75 Å². The number of nitrogens with one attached hydrogen (secondary N) is 2. The predicted molar refractivity (Wildman–Crippen MR) is 137 cm³/mol. The molecule has 0 unspecified atom stereocenters. The third kappa shape index (κ3) is 6.19. The van der Waals surface area contributed by atoms with Gasteiger partial charge in [-0.2, -0.15) is 5.10 Å². The SMILES string of the molecule is COc1ccc(S(=O)(=O)NC(=O)NC/C(F)=C2\COCc3cnn(Cc4ccc(Cl)cc4Cl)c32)cc1Cl. The molecule has 2 aromatic carbocycles. The minimum atomic E-state index is -4.27. The molecule has 3 aromatic rings. The number of carbonyl (C=O) groups is 1. The van der Waals surface area contributed by atoms with Gasteiger partial charge in [0.15, 0.2) is 0 Å². The summed E-state index contributed by atoms with van der Waals surface area (Å²) < 4.78 is 54.1. The first-order valence-corrected chi connectivity index (χ1v) is 13.3. The minimum Gasteiger partial charge on any atom is -0.495 e. The third-order valence-corrected chi connectivity index (χ3v) is 7.64. The van der Waals surface area contributed by atoms with Crippen LogP contribution in [-0.2, 0) is 27.9 Å². The van der Waals surface area contributed by atoms with E-state index in [2.05, 4.69) is 10.4 Å². The van der Waals surface area contributed by atoms with E-state index in [-0.39, 0.29) is 41.0 Å². The van der Waals surface area contributed by atoms with Gasteiger partial charge in [0.25, 0.3) is 10.0 Å². The van der Waals surface area contributed by atoms with Gasteiger partial charge < -0.3 is 14.8 Å². The molecule has 2 amide bonds. The molecule has 0 bridgehead atoms. The molecule has 0 saturated heterocycles. The van der Waals surface area contributed by atoms with E-state index in [1.807, 2.05) is 4.72 Å². The standard InChI is InChI=1S/C23H20Cl3FN4O5S/c1-35-21-5-4-16(7-19(21)26)37(33,34)30-23(32)28-9-20(27)17-12-36-11-14-8-29-31(22(14)17)10-13-2-3-15(24)6-18(13)25/h2-8H,9-12H2,1H3,(H2,28,30,32)/b20-17-. The summed E-state index contributed by atoms with van der Waals surface area (Å²) in [7, 11) is -2.89. The van der Waals surface area contributed by atoms with Crippen molar-refractivity contribution in [2.45, 2.75) is 18.0 Å². The van der Waals surface area contributed by atoms with Crippen LogP contribution in [0.3, 0.4) is 0 Å². The number of sulfonamides is 1. The first-order chi connectivity index (χ1) is 17.6. The van der Waals surface area contributed by atoms with Gasteiger partial charge in [-0.1, -0.05) is 40.9 Å². The van der Waals surface area contributed by atoms with Gasteiger partial charge in [0.2, 0.25) is 0 Å². The van der Waals surface area contributed by atoms with Crippen LogP contribution in [0.4, 0.5) is 9.18 Å². The predicted octanol–water partition coefficient (Wildman–Crippen LogP) is 4.80. The van der Waals surface area contributed by atoms with E-state index in [1.165, 1.54) is 19.2 Å². The smallest absolute Gasteiger partial charge is 0.329 e. The van der Waals surface area contributed by atoms with E-state index in [4.69, 9.17) is 44.3 Å². The average molecular weight is 590 g/mol. The van der Waals surface area contributed by atoms with Crippen molar-refractivity contribution in [3.63, 3.8) is 0 Å². The van der Waals surface area contributed by atoms with Crippen molar-refractivity contribution in [3.8, 4) is 5.75 Å². The summed E-state index contributed by atoms with van der Waals surface area (Å²) in [5.41, 5.74) is 2.06. The van der Waals surface area contributed by atoms with Crippen molar-refractivity contribution in [1.82, 2.24) is 19.8 Å². The Bertz CT molecular complexity index is 1490. The Morgan fingerprint density at radius 1 is 1.16 bits per heavy atom. The van der Waals surface area contributed by atoms with Gasteiger partial charge in [0.1, 0.15) is 11.6 Å². The Hall–Kier alpha value is -2.83. The molecule has 14 heteroatoms. The number of hydrogen-bond donors (Lipinski definition) is 2. The third-order valence-electron chi connectivity index (χ3n) is 5.43. The fourth-order valence-electron chi connectivity index (χ4n) is 3.64. The molecule has 0 spiro atoms. The lowest BCUT2D eigenvalue weighted by atomic mass is 10.1. The second-order valence-corrected chi connectivity index (χ2v) is 10.8. The molecule has 9 nitrogen and oxygen atoms in total. The average Bonchev–Trinajstić information content (AvgIpc) is 3.27. The summed E-state index contributed by atoms with van der Waals surface area (Å²) >= 11 is 18.2. The lowest BCUT2D eigenvalue weighted by Gasteiger charge is -2.20. The molecule has 2 N–H and O–H groups in total. The topological polar surface area (TPSA) is 112 Å². The van der Waals surface area contributed by atoms with Gasteiger partial charge in [-0.25, -0.2) is 22.3 Å². The zero-order chi connectivity index (χ0) is 26.7. The number of amides is 2. The number of ether oxygens (including phenoxy) is 2. The molecule has 0 radical (unpaired) electrons. The fourth-order valence-corrected chi connectivity index (χ4v) is 5.39. The lowest BCUT2D eigenvalue weighted by Crippen LogP contribution is -2.40. The summed E-state index contributed by atoms with van der Waals surface area (Å²) in [6.07, 6.45) is 1.57. The van der Waals surface area contributed by atoms with Crippen LogP contribution < -0.4 is 14.8 Å². The molecule has 1 aliphatic rings. The van der Waals surface area contributed by atoms with E-state index < -0.39 is 28.4 Å². The number of nitrogens with zero attached hydrogens (tertiary/aromatic N) is 2. The number of carbonyl (C=O) groups excluding carboxylic acids is 1. The Balaban J connectivity index is 1.49. The van der Waals surface area contributed by atoms with Crippen LogP contribution in [-0.4, -0.2) is 44.5 Å². The van der Waals surface area contributed by atoms with Gasteiger partial charge >= 0.3 is 6.03 Å². The highest BCUT2D eigenvalue weighted by atomic mass is 35.5. The van der Waals surface area contributed by atoms with Crippen molar-refractivity contribution >= 4 is 56.4 Å². The summed E-state index contributed by atoms with van der Waals surface area (Å²) in [5, 5.41) is 7.51. The quantitative estimate of drug-likeness (QED) is 0.410. The zero-order valence-electron chi connectivity index (χ0n) is 19.2. The highest BCUT2D eigenvalue weighted by Crippen LogP contribution is 2.31. The molecule has 1 aliphatic heterocycles. The molecule has 0 atom stereocenters. The van der Waals surface area contributed by atoms with Gasteiger partial charge in [-0.15, -0.1) is 0 Å². The first-order valence-electron chi connectivity index (χ1n) is 10.7. The molecule has 0 aliphatic carbocycles. The second kappa shape index (κ2) is 11.3. The molecular formula is C23H20Cl3FN4O5S. The summed E-state index contributed by atoms with van der Waals surface area (Å²) in [5.74, 6) is -0.449. The maximum absolute atomic E-state index is 15.2. The Morgan fingerprint density at radius 2 is 1.95 bits per heavy atom. The Kier molecular flexibility index (Phi) is 8.29. The highest BCUT2D eigenvalue weighted by molar-refractivity contribution is 7.90. The Labute approximate surface area is 227 Å². The summed E-state index contributed by atoms with van der Waals surface area (Å²) in [4.78, 5) is 12.0. The van der Waals surface area contributed by atoms with Crippen LogP contribution in [0, 0.1) is 0 Å². The van der Waals surface area contributed by atoms with Crippen LogP contribution in [0.2, 0.25) is 15.1 Å². The molecule has 0 fully saturated rings. The lowest BCUT2D eigenvalue weighted by molar-refractivity contribution is 0.144. The summed E-state index contributed by atoms with van der Waals surface area (Å²) in [6.45, 7) is -0.170. The molecule has 0 saturated carbocycles. The maximum Gasteiger partial charge on any atom is 0.329 e. The number of halogens is 4. The number of benzene rings is 2. The van der Waals surface area contributed by atoms with E-state index in [0.29, 0.717) is 21.3 Å². The fraction of sp³-hybridized carbons (Fsp3) is 0.217. The van der Waals surface area contributed by atoms with Crippen LogP contribution in [0.25, 0.3) is 5.57 Å². The van der Waals surface area contributed by atoms with Crippen molar-refractivity contribution in [1.29, 1.82) is 0 Å². The van der Waals surface area contributed by atoms with E-state index >= 15 is 4.39 Å². The van der Waals surface area contributed by atoms with Crippen molar-refractivity contribution in [2.24, 2.45) is 0 Å². The molecule has 1 aromatic heterocycles. The van der Waals surface area contributed by atoms with Crippen molar-refractivity contribution < 1.29 is 27.1 Å². The minimum absolute atomic E-state index is 0.0474. The van der Waals surface area contributed by atoms with Gasteiger partial charge in [-0.3, -0.25) is 4.68 Å². The summed E-state index contributed by atoms with van der Waals surface area (Å²) in [6, 6.07) is 7.62. The first kappa shape index (κ1) is 27.2. The van der Waals surface area contributed by atoms with E-state index in [0.717, 1.165) is 11.6 Å². The van der Waals surface area contributed by atoms with E-state index in [1.54, 1.807) is 29.1 Å². The van der Waals surface area contributed by atoms with E-state index in [9.17, 15) is 13.2 Å². The van der Waals surface area contributed by atoms with Crippen LogP contribution >= 0.6 is 34.8 Å². The normalized spacial score (nSPS) is 14.6. The number of hydrogen-bond acceptors (Lipinski definition) is 6. The van der Waals surface area contributed by atoms with Crippen molar-refractivity contribution in [2.75, 3.05) is 20.3 Å². The number of urea groups is 1. The molecular weight excluding hydrogens is 570 g/mol. The second-order valence-electron chi connectivity index (χ2n) is 7.87. The molecule has 2 heterocycles. The monoisotopic (exact) mass is 588 g/mol. The number of fused-ring (bicyclic) bond motifs is 1. The van der Waals surface area contributed by atoms with Crippen LogP contribution in [0.1, 0.15) is 16.8 Å².